The average molecular weight is 246 g/mol. The third kappa shape index (κ3) is 3.00. The number of ether oxygens (including phenoxy) is 1. The zero-order valence-corrected chi connectivity index (χ0v) is 9.69. The summed E-state index contributed by atoms with van der Waals surface area (Å²) in [5.74, 6) is 0.156. The highest BCUT2D eigenvalue weighted by atomic mass is 19.1. The molecule has 92 valence electrons. The fourth-order valence-corrected chi connectivity index (χ4v) is 1.24. The lowest BCUT2D eigenvalue weighted by Gasteiger charge is -1.96. The number of benzene rings is 1. The van der Waals surface area contributed by atoms with Gasteiger partial charge in [-0.3, -0.25) is 0 Å². The lowest BCUT2D eigenvalue weighted by atomic mass is 10.3. The van der Waals surface area contributed by atoms with Crippen LogP contribution in [-0.2, 0) is 4.74 Å². The average Bonchev–Trinajstić information content (AvgIpc) is 2.84. The largest absolute Gasteiger partial charge is 0.504 e. The maximum absolute atomic E-state index is 12.8. The van der Waals surface area contributed by atoms with Crippen molar-refractivity contribution in [1.29, 1.82) is 0 Å². The molecular formula is C12H11FN4O. The van der Waals surface area contributed by atoms with Gasteiger partial charge in [0.25, 0.3) is 0 Å². The smallest absolute Gasteiger partial charge is 0.198 e. The van der Waals surface area contributed by atoms with Crippen LogP contribution in [0.2, 0.25) is 0 Å². The Hall–Kier alpha value is -2.50. The number of hydrogen-bond acceptors (Lipinski definition) is 4. The van der Waals surface area contributed by atoms with E-state index in [1.54, 1.807) is 37.5 Å². The molecule has 6 heteroatoms. The molecule has 0 saturated heterocycles. The van der Waals surface area contributed by atoms with E-state index in [4.69, 9.17) is 4.74 Å². The molecule has 2 rings (SSSR count). The Morgan fingerprint density at radius 1 is 1.22 bits per heavy atom. The van der Waals surface area contributed by atoms with Crippen LogP contribution >= 0.6 is 0 Å². The standard InChI is InChI=1S/C12H11FN4O/c1-18-9-3-2-4-12-14-16-17(15-12)11-7-5-10(13)6-8-11/h2-9H,1H3/b4-2+,9-3+. The molecule has 2 aromatic rings. The molecule has 5 nitrogen and oxygen atoms in total. The maximum atomic E-state index is 12.8. The SMILES string of the molecule is CO/C=C/C=C/c1nnn(-c2ccc(F)cc2)n1. The van der Waals surface area contributed by atoms with Gasteiger partial charge in [-0.25, -0.2) is 4.39 Å². The Labute approximate surface area is 103 Å². The van der Waals surface area contributed by atoms with Crippen LogP contribution in [0.4, 0.5) is 4.39 Å². The number of methoxy groups -OCH3 is 1. The maximum Gasteiger partial charge on any atom is 0.198 e. The van der Waals surface area contributed by atoms with Crippen molar-refractivity contribution in [3.05, 3.63) is 54.3 Å². The molecule has 0 N–H and O–H groups in total. The number of aromatic nitrogens is 4. The number of tetrazole rings is 1. The predicted molar refractivity (Wildman–Crippen MR) is 64.3 cm³/mol. The lowest BCUT2D eigenvalue weighted by Crippen LogP contribution is -1.98. The molecule has 0 radical (unpaired) electrons. The van der Waals surface area contributed by atoms with E-state index in [-0.39, 0.29) is 5.82 Å². The molecule has 0 aliphatic rings. The molecule has 18 heavy (non-hydrogen) atoms. The van der Waals surface area contributed by atoms with Crippen molar-refractivity contribution in [1.82, 2.24) is 20.2 Å². The molecule has 1 heterocycles. The molecule has 0 fully saturated rings. The van der Waals surface area contributed by atoms with E-state index in [9.17, 15) is 4.39 Å². The predicted octanol–water partition coefficient (Wildman–Crippen LogP) is 1.97. The molecule has 1 aromatic carbocycles. The van der Waals surface area contributed by atoms with Crippen LogP contribution in [-0.4, -0.2) is 27.3 Å². The van der Waals surface area contributed by atoms with Gasteiger partial charge < -0.3 is 4.74 Å². The summed E-state index contributed by atoms with van der Waals surface area (Å²) in [6, 6.07) is 5.84. The Kier molecular flexibility index (Phi) is 3.80. The molecule has 0 amide bonds. The van der Waals surface area contributed by atoms with Crippen molar-refractivity contribution in [2.45, 2.75) is 0 Å². The van der Waals surface area contributed by atoms with Crippen molar-refractivity contribution in [3.63, 3.8) is 0 Å². The Bertz CT molecular complexity index is 560. The second kappa shape index (κ2) is 5.72. The van der Waals surface area contributed by atoms with Gasteiger partial charge in [-0.2, -0.15) is 0 Å². The zero-order valence-electron chi connectivity index (χ0n) is 9.69. The van der Waals surface area contributed by atoms with E-state index in [0.29, 0.717) is 11.5 Å². The number of hydrogen-bond donors (Lipinski definition) is 0. The molecular weight excluding hydrogens is 235 g/mol. The first-order valence-electron chi connectivity index (χ1n) is 5.21. The summed E-state index contributed by atoms with van der Waals surface area (Å²) in [5.41, 5.74) is 0.649. The molecule has 0 spiro atoms. The van der Waals surface area contributed by atoms with Gasteiger partial charge in [-0.15, -0.1) is 15.0 Å². The van der Waals surface area contributed by atoms with Crippen molar-refractivity contribution in [3.8, 4) is 5.69 Å². The number of rotatable bonds is 4. The number of nitrogens with zero attached hydrogens (tertiary/aromatic N) is 4. The van der Waals surface area contributed by atoms with Crippen LogP contribution < -0.4 is 0 Å². The van der Waals surface area contributed by atoms with E-state index in [1.807, 2.05) is 0 Å². The summed E-state index contributed by atoms with van der Waals surface area (Å²) in [7, 11) is 1.56. The first-order chi connectivity index (χ1) is 8.79. The summed E-state index contributed by atoms with van der Waals surface area (Å²) in [6.07, 6.45) is 6.65. The second-order valence-corrected chi connectivity index (χ2v) is 3.34. The molecule has 0 aliphatic carbocycles. The Morgan fingerprint density at radius 3 is 2.72 bits per heavy atom. The first-order valence-corrected chi connectivity index (χ1v) is 5.21. The highest BCUT2D eigenvalue weighted by Gasteiger charge is 2.01. The van der Waals surface area contributed by atoms with Crippen LogP contribution in [0.25, 0.3) is 11.8 Å². The minimum Gasteiger partial charge on any atom is -0.504 e. The van der Waals surface area contributed by atoms with Crippen molar-refractivity contribution >= 4 is 6.08 Å². The Balaban J connectivity index is 2.13. The van der Waals surface area contributed by atoms with E-state index >= 15 is 0 Å². The van der Waals surface area contributed by atoms with Gasteiger partial charge in [0.05, 0.1) is 19.1 Å². The topological polar surface area (TPSA) is 52.8 Å². The van der Waals surface area contributed by atoms with Gasteiger partial charge in [-0.05, 0) is 41.6 Å². The van der Waals surface area contributed by atoms with Crippen LogP contribution in [0.3, 0.4) is 0 Å². The quantitative estimate of drug-likeness (QED) is 0.611. The highest BCUT2D eigenvalue weighted by molar-refractivity contribution is 5.41. The van der Waals surface area contributed by atoms with Crippen LogP contribution in [0, 0.1) is 5.82 Å². The van der Waals surface area contributed by atoms with E-state index in [1.165, 1.54) is 23.2 Å². The Morgan fingerprint density at radius 2 is 2.00 bits per heavy atom. The molecule has 0 aliphatic heterocycles. The van der Waals surface area contributed by atoms with E-state index in [0.717, 1.165) is 0 Å². The second-order valence-electron chi connectivity index (χ2n) is 3.34. The van der Waals surface area contributed by atoms with Gasteiger partial charge in [-0.1, -0.05) is 6.08 Å². The third-order valence-corrected chi connectivity index (χ3v) is 2.06. The number of halogens is 1. The molecule has 0 bridgehead atoms. The first kappa shape index (κ1) is 12.0. The van der Waals surface area contributed by atoms with Gasteiger partial charge in [0, 0.05) is 0 Å². The van der Waals surface area contributed by atoms with Crippen LogP contribution in [0.5, 0.6) is 0 Å². The van der Waals surface area contributed by atoms with Crippen molar-refractivity contribution < 1.29 is 9.13 Å². The van der Waals surface area contributed by atoms with Gasteiger partial charge in [0.15, 0.2) is 5.82 Å². The van der Waals surface area contributed by atoms with Crippen LogP contribution in [0.15, 0.2) is 42.7 Å². The van der Waals surface area contributed by atoms with Crippen molar-refractivity contribution in [2.24, 2.45) is 0 Å². The molecule has 0 saturated carbocycles. The highest BCUT2D eigenvalue weighted by Crippen LogP contribution is 2.06. The minimum absolute atomic E-state index is 0.302. The van der Waals surface area contributed by atoms with Crippen molar-refractivity contribution in [2.75, 3.05) is 7.11 Å². The summed E-state index contributed by atoms with van der Waals surface area (Å²) in [6.45, 7) is 0. The van der Waals surface area contributed by atoms with E-state index < -0.39 is 0 Å². The fourth-order valence-electron chi connectivity index (χ4n) is 1.24. The molecule has 0 unspecified atom stereocenters. The number of allylic oxidation sites excluding steroid dienone is 2. The monoisotopic (exact) mass is 246 g/mol. The zero-order chi connectivity index (χ0) is 12.8. The fraction of sp³-hybridized carbons (Fsp3) is 0.0833. The normalized spacial score (nSPS) is 11.4. The van der Waals surface area contributed by atoms with Crippen LogP contribution in [0.1, 0.15) is 5.82 Å². The minimum atomic E-state index is -0.302. The lowest BCUT2D eigenvalue weighted by molar-refractivity contribution is 0.338. The van der Waals surface area contributed by atoms with Gasteiger partial charge in [0.2, 0.25) is 0 Å². The van der Waals surface area contributed by atoms with Gasteiger partial charge in [0.1, 0.15) is 5.82 Å². The summed E-state index contributed by atoms with van der Waals surface area (Å²) in [4.78, 5) is 1.33. The van der Waals surface area contributed by atoms with Gasteiger partial charge >= 0.3 is 0 Å². The summed E-state index contributed by atoms with van der Waals surface area (Å²) in [5, 5.41) is 11.8. The summed E-state index contributed by atoms with van der Waals surface area (Å²) < 4.78 is 17.5. The molecule has 1 aromatic heterocycles. The van der Waals surface area contributed by atoms with E-state index in [2.05, 4.69) is 15.4 Å². The molecule has 0 atom stereocenters. The summed E-state index contributed by atoms with van der Waals surface area (Å²) >= 11 is 0. The third-order valence-electron chi connectivity index (χ3n) is 2.06.